The summed E-state index contributed by atoms with van der Waals surface area (Å²) in [6, 6.07) is 22.5. The van der Waals surface area contributed by atoms with E-state index in [0.717, 1.165) is 6.07 Å². The minimum Gasteiger partial charge on any atom is -0.478 e. The van der Waals surface area contributed by atoms with Gasteiger partial charge in [0, 0.05) is 25.2 Å². The molecule has 1 amide bonds. The molecule has 0 bridgehead atoms. The van der Waals surface area contributed by atoms with Gasteiger partial charge in [-0.2, -0.15) is 0 Å². The van der Waals surface area contributed by atoms with E-state index >= 15 is 0 Å². The fourth-order valence-corrected chi connectivity index (χ4v) is 4.13. The first-order valence-corrected chi connectivity index (χ1v) is 12.3. The number of carboxylic acid groups (broad SMARTS) is 3. The molecule has 0 aliphatic heterocycles. The molecule has 0 aliphatic carbocycles. The lowest BCUT2D eigenvalue weighted by Crippen LogP contribution is -2.32. The summed E-state index contributed by atoms with van der Waals surface area (Å²) in [4.78, 5) is 60.9. The van der Waals surface area contributed by atoms with Gasteiger partial charge in [0.1, 0.15) is 11.5 Å². The number of nitrogens with zero attached hydrogens (tertiary/aromatic N) is 2. The van der Waals surface area contributed by atoms with E-state index in [1.54, 1.807) is 36.4 Å². The summed E-state index contributed by atoms with van der Waals surface area (Å²) < 4.78 is 5.79. The van der Waals surface area contributed by atoms with Gasteiger partial charge in [0.15, 0.2) is 0 Å². The Morgan fingerprint density at radius 1 is 0.643 bits per heavy atom. The minimum absolute atomic E-state index is 0.0798. The number of rotatable bonds is 11. The van der Waals surface area contributed by atoms with E-state index in [1.165, 1.54) is 29.2 Å². The first kappa shape index (κ1) is 29.0. The molecule has 4 aromatic rings. The number of non-ortho nitro benzene ring substituents is 1. The molecule has 0 saturated carbocycles. The van der Waals surface area contributed by atoms with Crippen LogP contribution >= 0.6 is 0 Å². The highest BCUT2D eigenvalue weighted by Gasteiger charge is 2.28. The van der Waals surface area contributed by atoms with Gasteiger partial charge in [-0.05, 0) is 47.5 Å². The summed E-state index contributed by atoms with van der Waals surface area (Å²) >= 11 is 0. The van der Waals surface area contributed by atoms with E-state index < -0.39 is 51.0 Å². The fraction of sp³-hybridized carbons (Fsp3) is 0.0667. The Labute approximate surface area is 237 Å². The van der Waals surface area contributed by atoms with Gasteiger partial charge >= 0.3 is 17.9 Å². The van der Waals surface area contributed by atoms with Crippen LogP contribution in [0.15, 0.2) is 91.0 Å². The van der Waals surface area contributed by atoms with Gasteiger partial charge in [0.25, 0.3) is 11.6 Å². The number of nitro benzene ring substituents is 1. The number of aromatic carboxylic acids is 3. The summed E-state index contributed by atoms with van der Waals surface area (Å²) in [6.07, 6.45) is 0. The summed E-state index contributed by atoms with van der Waals surface area (Å²) in [7, 11) is 0. The molecule has 12 nitrogen and oxygen atoms in total. The van der Waals surface area contributed by atoms with Gasteiger partial charge in [-0.15, -0.1) is 0 Å². The topological polar surface area (TPSA) is 185 Å². The molecule has 4 rings (SSSR count). The molecule has 0 spiro atoms. The van der Waals surface area contributed by atoms with E-state index in [-0.39, 0.29) is 18.8 Å². The van der Waals surface area contributed by atoms with Gasteiger partial charge < -0.3 is 25.0 Å². The van der Waals surface area contributed by atoms with Gasteiger partial charge in [0.05, 0.1) is 27.2 Å². The van der Waals surface area contributed by atoms with E-state index in [0.29, 0.717) is 28.7 Å². The predicted octanol–water partition coefficient (Wildman–Crippen LogP) is 5.32. The molecule has 0 fully saturated rings. The lowest BCUT2D eigenvalue weighted by molar-refractivity contribution is -0.384. The van der Waals surface area contributed by atoms with Crippen LogP contribution in [0.1, 0.15) is 52.6 Å². The fourth-order valence-electron chi connectivity index (χ4n) is 4.13. The highest BCUT2D eigenvalue weighted by Crippen LogP contribution is 2.25. The zero-order valence-corrected chi connectivity index (χ0v) is 21.7. The molecule has 42 heavy (non-hydrogen) atoms. The van der Waals surface area contributed by atoms with Crippen LogP contribution in [-0.4, -0.2) is 49.0 Å². The molecule has 3 N–H and O–H groups in total. The molecule has 0 radical (unpaired) electrons. The van der Waals surface area contributed by atoms with E-state index in [1.807, 2.05) is 18.2 Å². The monoisotopic (exact) mass is 570 g/mol. The third-order valence-electron chi connectivity index (χ3n) is 6.16. The molecule has 0 heterocycles. The molecule has 0 saturated heterocycles. The maximum atomic E-state index is 13.8. The van der Waals surface area contributed by atoms with Crippen molar-refractivity contribution in [2.24, 2.45) is 0 Å². The van der Waals surface area contributed by atoms with Crippen LogP contribution in [0, 0.1) is 10.1 Å². The predicted molar refractivity (Wildman–Crippen MR) is 147 cm³/mol. The average molecular weight is 571 g/mol. The second-order valence-electron chi connectivity index (χ2n) is 9.00. The Morgan fingerprint density at radius 2 is 1.07 bits per heavy atom. The van der Waals surface area contributed by atoms with Crippen molar-refractivity contribution in [1.29, 1.82) is 0 Å². The number of nitro groups is 1. The molecule has 0 aromatic heterocycles. The summed E-state index contributed by atoms with van der Waals surface area (Å²) in [5.41, 5.74) is -1.87. The maximum absolute atomic E-state index is 13.8. The van der Waals surface area contributed by atoms with Crippen molar-refractivity contribution in [1.82, 2.24) is 4.90 Å². The maximum Gasteiger partial charge on any atom is 0.336 e. The Kier molecular flexibility index (Phi) is 8.57. The van der Waals surface area contributed by atoms with Crippen molar-refractivity contribution < 1.29 is 44.2 Å². The second-order valence-corrected chi connectivity index (χ2v) is 9.00. The summed E-state index contributed by atoms with van der Waals surface area (Å²) in [5, 5.41) is 39.8. The van der Waals surface area contributed by atoms with Crippen molar-refractivity contribution in [2.45, 2.75) is 13.1 Å². The van der Waals surface area contributed by atoms with E-state index in [4.69, 9.17) is 4.74 Å². The van der Waals surface area contributed by atoms with Crippen LogP contribution in [-0.2, 0) is 13.1 Å². The first-order chi connectivity index (χ1) is 20.0. The van der Waals surface area contributed by atoms with Crippen molar-refractivity contribution in [3.05, 3.63) is 134 Å². The van der Waals surface area contributed by atoms with Crippen molar-refractivity contribution in [3.8, 4) is 11.5 Å². The number of para-hydroxylation sites is 1. The molecule has 4 aromatic carbocycles. The third kappa shape index (κ3) is 6.74. The number of amides is 1. The third-order valence-corrected chi connectivity index (χ3v) is 6.16. The molecule has 0 atom stereocenters. The van der Waals surface area contributed by atoms with Gasteiger partial charge in [-0.25, -0.2) is 14.4 Å². The highest BCUT2D eigenvalue weighted by molar-refractivity contribution is 6.10. The quantitative estimate of drug-likeness (QED) is 0.157. The molecule has 12 heteroatoms. The van der Waals surface area contributed by atoms with Crippen LogP contribution < -0.4 is 4.74 Å². The number of carbonyl (C=O) groups is 4. The lowest BCUT2D eigenvalue weighted by Gasteiger charge is -2.24. The standard InChI is InChI=1S/C30H22N2O10/c33-27(23-14-25(29(36)37)26(30(38)39)15-24(23)28(34)35)31(16-18-6-10-20(11-7-18)32(40)41)17-19-8-12-22(13-9-19)42-21-4-2-1-3-5-21/h1-15H,16-17H2,(H,34,35)(H,36,37)(H,38,39). The van der Waals surface area contributed by atoms with Crippen LogP contribution in [0.25, 0.3) is 0 Å². The number of carboxylic acids is 3. The SMILES string of the molecule is O=C(O)c1cc(C(=O)O)c(C(=O)N(Cc2ccc(Oc3ccccc3)cc2)Cc2ccc([N+](=O)[O-])cc2)cc1C(=O)O. The highest BCUT2D eigenvalue weighted by atomic mass is 16.6. The molecule has 0 unspecified atom stereocenters. The Balaban J connectivity index is 1.72. The Bertz CT molecular complexity index is 1670. The summed E-state index contributed by atoms with van der Waals surface area (Å²) in [6.45, 7) is -0.217. The van der Waals surface area contributed by atoms with Gasteiger partial charge in [0.2, 0.25) is 0 Å². The van der Waals surface area contributed by atoms with Crippen molar-refractivity contribution in [3.63, 3.8) is 0 Å². The number of carbonyl (C=O) groups excluding carboxylic acids is 1. The van der Waals surface area contributed by atoms with Crippen LogP contribution in [0.5, 0.6) is 11.5 Å². The number of hydrogen-bond donors (Lipinski definition) is 3. The van der Waals surface area contributed by atoms with Crippen LogP contribution in [0.2, 0.25) is 0 Å². The van der Waals surface area contributed by atoms with Gasteiger partial charge in [-0.3, -0.25) is 14.9 Å². The molecular formula is C30H22N2O10. The average Bonchev–Trinajstić information content (AvgIpc) is 2.97. The van der Waals surface area contributed by atoms with Crippen LogP contribution in [0.4, 0.5) is 5.69 Å². The van der Waals surface area contributed by atoms with Crippen LogP contribution in [0.3, 0.4) is 0 Å². The molecule has 0 aliphatic rings. The zero-order valence-electron chi connectivity index (χ0n) is 21.7. The second kappa shape index (κ2) is 12.4. The van der Waals surface area contributed by atoms with E-state index in [9.17, 15) is 44.6 Å². The molecular weight excluding hydrogens is 548 g/mol. The number of benzene rings is 4. The normalized spacial score (nSPS) is 10.5. The zero-order chi connectivity index (χ0) is 30.4. The smallest absolute Gasteiger partial charge is 0.336 e. The summed E-state index contributed by atoms with van der Waals surface area (Å²) in [5.74, 6) is -4.73. The largest absolute Gasteiger partial charge is 0.478 e. The molecule has 212 valence electrons. The van der Waals surface area contributed by atoms with E-state index in [2.05, 4.69) is 0 Å². The Hall–Kier alpha value is -6.04. The minimum atomic E-state index is -1.67. The number of ether oxygens (including phenoxy) is 1. The first-order valence-electron chi connectivity index (χ1n) is 12.3. The number of hydrogen-bond acceptors (Lipinski definition) is 7. The lowest BCUT2D eigenvalue weighted by atomic mass is 9.96. The van der Waals surface area contributed by atoms with Crippen molar-refractivity contribution >= 4 is 29.5 Å². The van der Waals surface area contributed by atoms with Gasteiger partial charge in [-0.1, -0.05) is 42.5 Å². The Morgan fingerprint density at radius 3 is 1.55 bits per heavy atom. The van der Waals surface area contributed by atoms with Crippen molar-refractivity contribution in [2.75, 3.05) is 0 Å².